The lowest BCUT2D eigenvalue weighted by Crippen LogP contribution is -1.81. The number of hydrogen-bond donors (Lipinski definition) is 0. The minimum atomic E-state index is 0.957. The van der Waals surface area contributed by atoms with E-state index in [1.165, 1.54) is 27.5 Å². The number of aromatic nitrogens is 4. The molecule has 0 aliphatic heterocycles. The first-order chi connectivity index (χ1) is 16.1. The molecule has 0 unspecified atom stereocenters. The van der Waals surface area contributed by atoms with Crippen molar-refractivity contribution in [2.24, 2.45) is 0 Å². The van der Waals surface area contributed by atoms with Gasteiger partial charge in [-0.25, -0.2) is 0 Å². The van der Waals surface area contributed by atoms with E-state index in [0.29, 0.717) is 0 Å². The summed E-state index contributed by atoms with van der Waals surface area (Å²) in [6.07, 6.45) is 7.12. The molecule has 33 heavy (non-hydrogen) atoms. The minimum absolute atomic E-state index is 0.957. The summed E-state index contributed by atoms with van der Waals surface area (Å²) in [6.45, 7) is 6.19. The second kappa shape index (κ2) is 10.4. The van der Waals surface area contributed by atoms with Crippen molar-refractivity contribution in [3.8, 4) is 0 Å². The molecular weight excluding hydrogens is 404 g/mol. The third-order valence-corrected chi connectivity index (χ3v) is 5.11. The summed E-state index contributed by atoms with van der Waals surface area (Å²) in [7, 11) is 0. The summed E-state index contributed by atoms with van der Waals surface area (Å²) in [5, 5.41) is 2.43. The van der Waals surface area contributed by atoms with E-state index >= 15 is 0 Å². The number of benzene rings is 3. The van der Waals surface area contributed by atoms with Gasteiger partial charge in [0, 0.05) is 35.6 Å². The summed E-state index contributed by atoms with van der Waals surface area (Å²) in [6, 6.07) is 26.6. The molecule has 3 aromatic heterocycles. The topological polar surface area (TPSA) is 51.6 Å². The van der Waals surface area contributed by atoms with Gasteiger partial charge in [-0.3, -0.25) is 19.9 Å². The molecule has 0 spiro atoms. The van der Waals surface area contributed by atoms with Gasteiger partial charge < -0.3 is 0 Å². The monoisotopic (exact) mass is 430 g/mol. The molecule has 0 bridgehead atoms. The van der Waals surface area contributed by atoms with Gasteiger partial charge in [-0.05, 0) is 74.4 Å². The van der Waals surface area contributed by atoms with Gasteiger partial charge in [0.2, 0.25) is 0 Å². The van der Waals surface area contributed by atoms with E-state index in [4.69, 9.17) is 0 Å². The van der Waals surface area contributed by atoms with Crippen molar-refractivity contribution in [3.63, 3.8) is 0 Å². The van der Waals surface area contributed by atoms with E-state index in [0.717, 1.165) is 22.1 Å². The maximum Gasteiger partial charge on any atom is 0.0889 e. The molecule has 162 valence electrons. The van der Waals surface area contributed by atoms with E-state index in [9.17, 15) is 0 Å². The highest BCUT2D eigenvalue weighted by molar-refractivity contribution is 5.79. The van der Waals surface area contributed by atoms with Crippen LogP contribution in [0, 0.1) is 20.8 Å². The van der Waals surface area contributed by atoms with E-state index in [-0.39, 0.29) is 0 Å². The van der Waals surface area contributed by atoms with Crippen LogP contribution in [0.25, 0.3) is 32.8 Å². The summed E-state index contributed by atoms with van der Waals surface area (Å²) >= 11 is 0. The van der Waals surface area contributed by atoms with Gasteiger partial charge in [-0.15, -0.1) is 0 Å². The Morgan fingerprint density at radius 3 is 1.82 bits per heavy atom. The number of rotatable bonds is 0. The standard InChI is InChI=1S/2C10H9N.C9H8N2/c1-8-4-5-10-9(7-8)3-2-6-11-10;1-8-6-9-4-2-3-5-10(9)11-7-8;1-7-2-3-8-9(6-7)11-5-4-10-8/h2*2-7H,1H3;2-6H,1H3. The Bertz CT molecular complexity index is 1320. The minimum Gasteiger partial charge on any atom is -0.256 e. The van der Waals surface area contributed by atoms with Crippen molar-refractivity contribution in [1.82, 2.24) is 19.9 Å². The molecular formula is C29H26N4. The summed E-state index contributed by atoms with van der Waals surface area (Å²) in [5.41, 5.74) is 7.77. The molecule has 0 N–H and O–H groups in total. The molecule has 0 aliphatic rings. The highest BCUT2D eigenvalue weighted by Gasteiger charge is 1.93. The Morgan fingerprint density at radius 2 is 1.00 bits per heavy atom. The van der Waals surface area contributed by atoms with Gasteiger partial charge in [0.25, 0.3) is 0 Å². The van der Waals surface area contributed by atoms with Gasteiger partial charge in [-0.2, -0.15) is 0 Å². The third kappa shape index (κ3) is 5.95. The second-order valence-corrected chi connectivity index (χ2v) is 7.95. The quantitative estimate of drug-likeness (QED) is 0.260. The second-order valence-electron chi connectivity index (χ2n) is 7.95. The number of fused-ring (bicyclic) bond motifs is 3. The molecule has 3 aromatic carbocycles. The molecule has 6 aromatic rings. The van der Waals surface area contributed by atoms with Gasteiger partial charge >= 0.3 is 0 Å². The highest BCUT2D eigenvalue weighted by Crippen LogP contribution is 2.12. The fourth-order valence-corrected chi connectivity index (χ4v) is 3.45. The van der Waals surface area contributed by atoms with Crippen molar-refractivity contribution in [2.45, 2.75) is 20.8 Å². The van der Waals surface area contributed by atoms with Crippen LogP contribution in [0.15, 0.2) is 104 Å². The molecule has 3 heterocycles. The zero-order chi connectivity index (χ0) is 23.0. The average Bonchev–Trinajstić information content (AvgIpc) is 2.84. The smallest absolute Gasteiger partial charge is 0.0889 e. The van der Waals surface area contributed by atoms with Crippen LogP contribution in [0.1, 0.15) is 16.7 Å². The lowest BCUT2D eigenvalue weighted by molar-refractivity contribution is 1.28. The van der Waals surface area contributed by atoms with Crippen LogP contribution in [0.2, 0.25) is 0 Å². The molecule has 0 radical (unpaired) electrons. The molecule has 0 fully saturated rings. The molecule has 4 heteroatoms. The molecule has 0 saturated heterocycles. The van der Waals surface area contributed by atoms with Crippen LogP contribution >= 0.6 is 0 Å². The van der Waals surface area contributed by atoms with Crippen LogP contribution in [0.5, 0.6) is 0 Å². The average molecular weight is 431 g/mol. The fourth-order valence-electron chi connectivity index (χ4n) is 3.45. The van der Waals surface area contributed by atoms with Gasteiger partial charge in [0.15, 0.2) is 0 Å². The van der Waals surface area contributed by atoms with Crippen LogP contribution in [0.3, 0.4) is 0 Å². The summed E-state index contributed by atoms with van der Waals surface area (Å²) < 4.78 is 0. The normalized spacial score (nSPS) is 10.3. The number of para-hydroxylation sites is 1. The van der Waals surface area contributed by atoms with Gasteiger partial charge in [0.05, 0.1) is 22.1 Å². The van der Waals surface area contributed by atoms with Crippen molar-refractivity contribution >= 4 is 32.8 Å². The van der Waals surface area contributed by atoms with Crippen molar-refractivity contribution in [3.05, 3.63) is 120 Å². The SMILES string of the molecule is Cc1ccc2ncccc2c1.Cc1ccc2nccnc2c1.Cc1cnc2ccccc2c1. The van der Waals surface area contributed by atoms with Crippen molar-refractivity contribution in [1.29, 1.82) is 0 Å². The van der Waals surface area contributed by atoms with Crippen LogP contribution in [-0.4, -0.2) is 19.9 Å². The molecule has 6 rings (SSSR count). The van der Waals surface area contributed by atoms with Gasteiger partial charge in [0.1, 0.15) is 0 Å². The predicted molar refractivity (Wildman–Crippen MR) is 137 cm³/mol. The molecule has 0 atom stereocenters. The molecule has 0 amide bonds. The van der Waals surface area contributed by atoms with E-state index in [1.807, 2.05) is 67.8 Å². The molecule has 4 nitrogen and oxygen atoms in total. The van der Waals surface area contributed by atoms with E-state index in [2.05, 4.69) is 64.1 Å². The number of hydrogen-bond acceptors (Lipinski definition) is 4. The lowest BCUT2D eigenvalue weighted by Gasteiger charge is -1.95. The number of pyridine rings is 2. The zero-order valence-electron chi connectivity index (χ0n) is 19.1. The van der Waals surface area contributed by atoms with E-state index in [1.54, 1.807) is 12.4 Å². The summed E-state index contributed by atoms with van der Waals surface area (Å²) in [5.74, 6) is 0. The van der Waals surface area contributed by atoms with Crippen LogP contribution in [-0.2, 0) is 0 Å². The molecule has 0 aliphatic carbocycles. The maximum absolute atomic E-state index is 4.28. The van der Waals surface area contributed by atoms with Crippen LogP contribution < -0.4 is 0 Å². The van der Waals surface area contributed by atoms with Crippen molar-refractivity contribution in [2.75, 3.05) is 0 Å². The van der Waals surface area contributed by atoms with E-state index < -0.39 is 0 Å². The highest BCUT2D eigenvalue weighted by atomic mass is 14.8. The zero-order valence-corrected chi connectivity index (χ0v) is 19.1. The Kier molecular flexibility index (Phi) is 6.96. The Morgan fingerprint density at radius 1 is 0.424 bits per heavy atom. The Hall–Kier alpha value is -4.18. The lowest BCUT2D eigenvalue weighted by atomic mass is 10.1. The van der Waals surface area contributed by atoms with Crippen molar-refractivity contribution < 1.29 is 0 Å². The number of nitrogens with zero attached hydrogens (tertiary/aromatic N) is 4. The Balaban J connectivity index is 0.000000118. The first-order valence-corrected chi connectivity index (χ1v) is 10.9. The molecule has 0 saturated carbocycles. The fraction of sp³-hybridized carbons (Fsp3) is 0.103. The third-order valence-electron chi connectivity index (χ3n) is 5.11. The predicted octanol–water partition coefficient (Wildman–Crippen LogP) is 7.02. The summed E-state index contributed by atoms with van der Waals surface area (Å²) in [4.78, 5) is 16.8. The number of aryl methyl sites for hydroxylation is 3. The Labute approximate surface area is 194 Å². The first-order valence-electron chi connectivity index (χ1n) is 10.9. The van der Waals surface area contributed by atoms with Gasteiger partial charge in [-0.1, -0.05) is 42.0 Å². The largest absolute Gasteiger partial charge is 0.256 e. The van der Waals surface area contributed by atoms with Crippen LogP contribution in [0.4, 0.5) is 0 Å². The first kappa shape index (κ1) is 22.0. The maximum atomic E-state index is 4.28.